The topological polar surface area (TPSA) is 69.9 Å². The van der Waals surface area contributed by atoms with Crippen molar-refractivity contribution < 1.29 is 14.3 Å². The number of thiazole rings is 1. The Hall–Kier alpha value is -2.87. The van der Waals surface area contributed by atoms with Gasteiger partial charge in [-0.1, -0.05) is 52.7 Å². The molecule has 0 spiro atoms. The van der Waals surface area contributed by atoms with E-state index in [2.05, 4.69) is 4.99 Å². The van der Waals surface area contributed by atoms with Crippen LogP contribution in [0.15, 0.2) is 63.5 Å². The molecule has 9 heteroatoms. The fraction of sp³-hybridized carbons (Fsp3) is 0.174. The first-order valence-corrected chi connectivity index (χ1v) is 11.1. The molecule has 0 saturated carbocycles. The quantitative estimate of drug-likeness (QED) is 0.524. The molecule has 1 aromatic heterocycles. The number of hydrogen-bond acceptors (Lipinski definition) is 6. The van der Waals surface area contributed by atoms with Gasteiger partial charge in [-0.25, -0.2) is 9.79 Å². The first kappa shape index (κ1) is 22.3. The van der Waals surface area contributed by atoms with Gasteiger partial charge in [-0.3, -0.25) is 9.36 Å². The van der Waals surface area contributed by atoms with Crippen LogP contribution in [0.1, 0.15) is 24.1 Å². The largest absolute Gasteiger partial charge is 0.497 e. The molecule has 164 valence electrons. The summed E-state index contributed by atoms with van der Waals surface area (Å²) in [6.07, 6.45) is 1.70. The van der Waals surface area contributed by atoms with Crippen molar-refractivity contribution in [2.45, 2.75) is 13.0 Å². The monoisotopic (exact) mass is 488 g/mol. The maximum Gasteiger partial charge on any atom is 0.338 e. The number of allylic oxidation sites excluding steroid dienone is 1. The van der Waals surface area contributed by atoms with Gasteiger partial charge in [0.1, 0.15) is 5.75 Å². The van der Waals surface area contributed by atoms with Gasteiger partial charge in [0.15, 0.2) is 4.80 Å². The van der Waals surface area contributed by atoms with Crippen LogP contribution in [0.5, 0.6) is 5.75 Å². The van der Waals surface area contributed by atoms with Crippen molar-refractivity contribution in [1.29, 1.82) is 0 Å². The summed E-state index contributed by atoms with van der Waals surface area (Å²) in [4.78, 5) is 31.2. The number of rotatable bonds is 4. The number of halogens is 2. The van der Waals surface area contributed by atoms with Gasteiger partial charge < -0.3 is 9.47 Å². The minimum absolute atomic E-state index is 0.283. The lowest BCUT2D eigenvalue weighted by atomic mass is 9.96. The highest BCUT2D eigenvalue weighted by Gasteiger charge is 2.33. The number of fused-ring (bicyclic) bond motifs is 1. The summed E-state index contributed by atoms with van der Waals surface area (Å²) < 4.78 is 12.2. The zero-order valence-corrected chi connectivity index (χ0v) is 19.7. The van der Waals surface area contributed by atoms with E-state index < -0.39 is 12.0 Å². The number of hydrogen-bond donors (Lipinski definition) is 0. The molecule has 0 amide bonds. The van der Waals surface area contributed by atoms with Crippen molar-refractivity contribution in [2.24, 2.45) is 4.99 Å². The maximum atomic E-state index is 13.5. The number of benzene rings is 2. The lowest BCUT2D eigenvalue weighted by Gasteiger charge is -2.24. The number of carbonyl (C=O) groups excluding carboxylic acids is 1. The van der Waals surface area contributed by atoms with Crippen LogP contribution in [0.25, 0.3) is 6.08 Å². The molecule has 0 saturated heterocycles. The molecule has 0 bridgehead atoms. The summed E-state index contributed by atoms with van der Waals surface area (Å²) >= 11 is 13.5. The van der Waals surface area contributed by atoms with Crippen LogP contribution in [0.3, 0.4) is 0 Å². The number of carbonyl (C=O) groups is 1. The zero-order chi connectivity index (χ0) is 23.0. The summed E-state index contributed by atoms with van der Waals surface area (Å²) in [7, 11) is 2.88. The van der Waals surface area contributed by atoms with E-state index >= 15 is 0 Å². The summed E-state index contributed by atoms with van der Waals surface area (Å²) in [6, 6.07) is 11.6. The highest BCUT2D eigenvalue weighted by molar-refractivity contribution is 7.07. The van der Waals surface area contributed by atoms with Crippen molar-refractivity contribution in [3.8, 4) is 5.75 Å². The lowest BCUT2D eigenvalue weighted by molar-refractivity contribution is -0.136. The van der Waals surface area contributed by atoms with Crippen LogP contribution in [0, 0.1) is 0 Å². The third-order valence-corrected chi connectivity index (χ3v) is 6.65. The van der Waals surface area contributed by atoms with Crippen molar-refractivity contribution in [1.82, 2.24) is 4.57 Å². The molecule has 0 N–H and O–H groups in total. The maximum absolute atomic E-state index is 13.5. The standard InChI is InChI=1S/C23H18Cl2N2O4S/c1-12-19(22(29)31-3)20(13-5-8-16(30-2)9-6-13)27-21(28)18(32-23(27)26-12)10-14-4-7-15(24)11-17(14)25/h4-11,20H,1-3H3/b18-10-/t20-/m0/s1. The molecule has 6 nitrogen and oxygen atoms in total. The van der Waals surface area contributed by atoms with Crippen molar-refractivity contribution in [3.05, 3.63) is 94.6 Å². The molecule has 32 heavy (non-hydrogen) atoms. The Morgan fingerprint density at radius 2 is 1.88 bits per heavy atom. The Morgan fingerprint density at radius 3 is 2.50 bits per heavy atom. The lowest BCUT2D eigenvalue weighted by Crippen LogP contribution is -2.39. The molecule has 1 atom stereocenters. The van der Waals surface area contributed by atoms with Gasteiger partial charge in [0.25, 0.3) is 5.56 Å². The highest BCUT2D eigenvalue weighted by atomic mass is 35.5. The first-order chi connectivity index (χ1) is 15.3. The Bertz CT molecular complexity index is 1420. The number of esters is 1. The van der Waals surface area contributed by atoms with Crippen molar-refractivity contribution in [3.63, 3.8) is 0 Å². The van der Waals surface area contributed by atoms with E-state index in [4.69, 9.17) is 32.7 Å². The predicted octanol–water partition coefficient (Wildman–Crippen LogP) is 3.72. The summed E-state index contributed by atoms with van der Waals surface area (Å²) in [6.45, 7) is 1.73. The van der Waals surface area contributed by atoms with Crippen LogP contribution in [0.4, 0.5) is 0 Å². The SMILES string of the molecule is COC(=O)C1=C(C)N=c2s/c(=C\c3ccc(Cl)cc3Cl)c(=O)n2[C@H]1c1ccc(OC)cc1. The average molecular weight is 489 g/mol. The molecule has 2 aromatic carbocycles. The number of aromatic nitrogens is 1. The molecule has 0 fully saturated rings. The summed E-state index contributed by atoms with van der Waals surface area (Å²) in [5.74, 6) is 0.126. The van der Waals surface area contributed by atoms with E-state index in [9.17, 15) is 9.59 Å². The molecule has 3 aromatic rings. The number of methoxy groups -OCH3 is 2. The molecule has 1 aliphatic heterocycles. The van der Waals surface area contributed by atoms with Gasteiger partial charge in [-0.05, 0) is 48.4 Å². The van der Waals surface area contributed by atoms with Gasteiger partial charge in [-0.2, -0.15) is 0 Å². The second kappa shape index (κ2) is 8.94. The van der Waals surface area contributed by atoms with E-state index in [1.807, 2.05) is 12.1 Å². The van der Waals surface area contributed by atoms with Crippen LogP contribution in [-0.4, -0.2) is 24.8 Å². The smallest absolute Gasteiger partial charge is 0.338 e. The van der Waals surface area contributed by atoms with E-state index in [-0.39, 0.29) is 5.56 Å². The molecule has 0 aliphatic carbocycles. The number of nitrogens with zero attached hydrogens (tertiary/aromatic N) is 2. The fourth-order valence-corrected chi connectivity index (χ4v) is 5.05. The van der Waals surface area contributed by atoms with Gasteiger partial charge in [0.05, 0.1) is 36.1 Å². The van der Waals surface area contributed by atoms with E-state index in [0.717, 1.165) is 5.56 Å². The molecular formula is C23H18Cl2N2O4S. The summed E-state index contributed by atoms with van der Waals surface area (Å²) in [5.41, 5.74) is 1.91. The molecule has 4 rings (SSSR count). The van der Waals surface area contributed by atoms with Gasteiger partial charge in [-0.15, -0.1) is 0 Å². The minimum atomic E-state index is -0.688. The molecule has 2 heterocycles. The zero-order valence-electron chi connectivity index (χ0n) is 17.4. The molecule has 0 radical (unpaired) electrons. The average Bonchev–Trinajstić information content (AvgIpc) is 3.09. The van der Waals surface area contributed by atoms with Gasteiger partial charge >= 0.3 is 5.97 Å². The predicted molar refractivity (Wildman–Crippen MR) is 125 cm³/mol. The molecule has 1 aliphatic rings. The third kappa shape index (κ3) is 3.99. The number of ether oxygens (including phenoxy) is 2. The second-order valence-corrected chi connectivity index (χ2v) is 8.87. The Labute approximate surface area is 197 Å². The minimum Gasteiger partial charge on any atom is -0.497 e. The summed E-state index contributed by atoms with van der Waals surface area (Å²) in [5, 5.41) is 0.938. The van der Waals surface area contributed by atoms with Crippen molar-refractivity contribution in [2.75, 3.05) is 14.2 Å². The Kier molecular flexibility index (Phi) is 6.24. The van der Waals surface area contributed by atoms with E-state index in [0.29, 0.717) is 42.0 Å². The van der Waals surface area contributed by atoms with Crippen LogP contribution in [-0.2, 0) is 9.53 Å². The van der Waals surface area contributed by atoms with Crippen LogP contribution >= 0.6 is 34.5 Å². The molecular weight excluding hydrogens is 471 g/mol. The van der Waals surface area contributed by atoms with Gasteiger partial charge in [0, 0.05) is 10.0 Å². The Balaban J connectivity index is 1.96. The van der Waals surface area contributed by atoms with E-state index in [1.165, 1.54) is 23.0 Å². The normalized spacial score (nSPS) is 15.9. The van der Waals surface area contributed by atoms with Crippen molar-refractivity contribution >= 4 is 46.6 Å². The van der Waals surface area contributed by atoms with E-state index in [1.54, 1.807) is 50.4 Å². The third-order valence-electron chi connectivity index (χ3n) is 5.11. The van der Waals surface area contributed by atoms with Crippen LogP contribution < -0.4 is 19.6 Å². The second-order valence-electron chi connectivity index (χ2n) is 7.01. The molecule has 0 unspecified atom stereocenters. The van der Waals surface area contributed by atoms with Gasteiger partial charge in [0.2, 0.25) is 0 Å². The van der Waals surface area contributed by atoms with Crippen LogP contribution in [0.2, 0.25) is 10.0 Å². The highest BCUT2D eigenvalue weighted by Crippen LogP contribution is 2.31. The fourth-order valence-electron chi connectivity index (χ4n) is 3.55. The first-order valence-electron chi connectivity index (χ1n) is 9.54. The Morgan fingerprint density at radius 1 is 1.16 bits per heavy atom.